The molecular weight excluding hydrogens is 264 g/mol. The summed E-state index contributed by atoms with van der Waals surface area (Å²) in [5.41, 5.74) is -0.117. The van der Waals surface area contributed by atoms with Crippen LogP contribution in [0.1, 0.15) is 33.6 Å². The largest absolute Gasteiger partial charge is 0.479 e. The predicted octanol–water partition coefficient (Wildman–Crippen LogP) is 0.325. The van der Waals surface area contributed by atoms with Crippen LogP contribution in [0.4, 0.5) is 4.79 Å². The van der Waals surface area contributed by atoms with E-state index >= 15 is 0 Å². The van der Waals surface area contributed by atoms with Crippen LogP contribution >= 0.6 is 0 Å². The highest BCUT2D eigenvalue weighted by atomic mass is 16.5. The number of rotatable bonds is 7. The van der Waals surface area contributed by atoms with E-state index in [2.05, 4.69) is 10.6 Å². The molecule has 2 unspecified atom stereocenters. The smallest absolute Gasteiger partial charge is 0.332 e. The van der Waals surface area contributed by atoms with Crippen molar-refractivity contribution in [1.29, 1.82) is 0 Å². The van der Waals surface area contributed by atoms with Crippen LogP contribution in [-0.2, 0) is 9.53 Å². The molecule has 0 aromatic rings. The van der Waals surface area contributed by atoms with Crippen LogP contribution in [0.15, 0.2) is 0 Å². The lowest BCUT2D eigenvalue weighted by Gasteiger charge is -2.51. The first-order valence-corrected chi connectivity index (χ1v) is 6.85. The fourth-order valence-corrected chi connectivity index (χ4v) is 2.27. The van der Waals surface area contributed by atoms with Crippen LogP contribution < -0.4 is 10.6 Å². The average molecular weight is 288 g/mol. The Morgan fingerprint density at radius 1 is 1.45 bits per heavy atom. The van der Waals surface area contributed by atoms with E-state index in [0.717, 1.165) is 6.42 Å². The maximum atomic E-state index is 11.7. The Labute approximate surface area is 118 Å². The summed E-state index contributed by atoms with van der Waals surface area (Å²) in [5.74, 6) is -1.29. The summed E-state index contributed by atoms with van der Waals surface area (Å²) < 4.78 is 5.57. The number of carbonyl (C=O) groups is 2. The van der Waals surface area contributed by atoms with Crippen LogP contribution in [0.2, 0.25) is 0 Å². The monoisotopic (exact) mass is 288 g/mol. The first-order valence-electron chi connectivity index (χ1n) is 6.85. The van der Waals surface area contributed by atoms with E-state index in [-0.39, 0.29) is 36.6 Å². The van der Waals surface area contributed by atoms with E-state index in [1.807, 2.05) is 20.8 Å². The van der Waals surface area contributed by atoms with Crippen molar-refractivity contribution in [2.45, 2.75) is 51.9 Å². The quantitative estimate of drug-likeness (QED) is 0.540. The summed E-state index contributed by atoms with van der Waals surface area (Å²) in [6.45, 7) is 6.78. The number of hydrogen-bond acceptors (Lipinski definition) is 4. The number of aliphatic carboxylic acids is 1. The Balaban J connectivity index is 2.25. The van der Waals surface area contributed by atoms with Crippen LogP contribution in [0, 0.1) is 5.41 Å². The number of urea groups is 1. The van der Waals surface area contributed by atoms with Crippen molar-refractivity contribution in [3.63, 3.8) is 0 Å². The zero-order valence-corrected chi connectivity index (χ0v) is 12.2. The molecule has 116 valence electrons. The van der Waals surface area contributed by atoms with Gasteiger partial charge in [-0.3, -0.25) is 0 Å². The Bertz CT molecular complexity index is 359. The molecule has 1 aliphatic rings. The van der Waals surface area contributed by atoms with Crippen molar-refractivity contribution in [3.8, 4) is 0 Å². The number of carbonyl (C=O) groups excluding carboxylic acids is 1. The molecule has 2 amide bonds. The van der Waals surface area contributed by atoms with Gasteiger partial charge in [0.1, 0.15) is 0 Å². The molecule has 7 nitrogen and oxygen atoms in total. The highest BCUT2D eigenvalue weighted by Crippen LogP contribution is 2.42. The fourth-order valence-electron chi connectivity index (χ4n) is 2.27. The maximum Gasteiger partial charge on any atom is 0.332 e. The molecule has 0 aromatic carbocycles. The molecule has 0 spiro atoms. The molecule has 0 bridgehead atoms. The van der Waals surface area contributed by atoms with Crippen molar-refractivity contribution in [3.05, 3.63) is 0 Å². The van der Waals surface area contributed by atoms with Crippen LogP contribution in [0.5, 0.6) is 0 Å². The fraction of sp³-hybridized carbons (Fsp3) is 0.846. The third kappa shape index (κ3) is 4.08. The average Bonchev–Trinajstić information content (AvgIpc) is 2.37. The summed E-state index contributed by atoms with van der Waals surface area (Å²) in [4.78, 5) is 22.1. The van der Waals surface area contributed by atoms with Crippen LogP contribution in [-0.4, -0.2) is 53.6 Å². The molecule has 0 heterocycles. The van der Waals surface area contributed by atoms with E-state index in [0.29, 0.717) is 6.61 Å². The zero-order valence-electron chi connectivity index (χ0n) is 12.2. The number of aliphatic hydroxyl groups is 1. The molecule has 1 fully saturated rings. The number of nitrogens with one attached hydrogen (secondary N) is 2. The Morgan fingerprint density at radius 2 is 2.10 bits per heavy atom. The highest BCUT2D eigenvalue weighted by molar-refractivity contribution is 5.75. The SMILES string of the molecule is CCOC1CC(NC(=O)NCC[C@H](O)C(=O)O)C1(C)C. The van der Waals surface area contributed by atoms with Gasteiger partial charge < -0.3 is 25.6 Å². The molecular formula is C13H24N2O5. The number of aliphatic hydroxyl groups excluding tert-OH is 1. The van der Waals surface area contributed by atoms with E-state index in [1.165, 1.54) is 0 Å². The second-order valence-electron chi connectivity index (χ2n) is 5.60. The van der Waals surface area contributed by atoms with Gasteiger partial charge in [0.25, 0.3) is 0 Å². The molecule has 0 saturated heterocycles. The third-order valence-corrected chi connectivity index (χ3v) is 3.84. The number of carboxylic acids is 1. The van der Waals surface area contributed by atoms with E-state index in [1.54, 1.807) is 0 Å². The first kappa shape index (κ1) is 16.7. The van der Waals surface area contributed by atoms with Crippen molar-refractivity contribution in [1.82, 2.24) is 10.6 Å². The van der Waals surface area contributed by atoms with Gasteiger partial charge >= 0.3 is 12.0 Å². The molecule has 4 N–H and O–H groups in total. The van der Waals surface area contributed by atoms with Gasteiger partial charge in [-0.15, -0.1) is 0 Å². The Hall–Kier alpha value is -1.34. The lowest BCUT2D eigenvalue weighted by Crippen LogP contribution is -2.63. The summed E-state index contributed by atoms with van der Waals surface area (Å²) in [6, 6.07) is -0.320. The van der Waals surface area contributed by atoms with Crippen molar-refractivity contribution < 1.29 is 24.5 Å². The summed E-state index contributed by atoms with van der Waals surface area (Å²) in [6.07, 6.45) is -0.547. The molecule has 0 aromatic heterocycles. The molecule has 0 aliphatic heterocycles. The summed E-state index contributed by atoms with van der Waals surface area (Å²) >= 11 is 0. The minimum atomic E-state index is -1.45. The number of carboxylic acid groups (broad SMARTS) is 1. The van der Waals surface area contributed by atoms with Gasteiger partial charge in [0.05, 0.1) is 6.10 Å². The molecule has 1 rings (SSSR count). The van der Waals surface area contributed by atoms with Gasteiger partial charge in [0, 0.05) is 31.0 Å². The van der Waals surface area contributed by atoms with Crippen molar-refractivity contribution in [2.24, 2.45) is 5.41 Å². The van der Waals surface area contributed by atoms with Gasteiger partial charge in [-0.25, -0.2) is 9.59 Å². The van der Waals surface area contributed by atoms with Gasteiger partial charge in [-0.05, 0) is 13.3 Å². The van der Waals surface area contributed by atoms with E-state index in [9.17, 15) is 9.59 Å². The van der Waals surface area contributed by atoms with Gasteiger partial charge in [-0.2, -0.15) is 0 Å². The zero-order chi connectivity index (χ0) is 15.3. The number of amides is 2. The summed E-state index contributed by atoms with van der Waals surface area (Å²) in [7, 11) is 0. The topological polar surface area (TPSA) is 108 Å². The van der Waals surface area contributed by atoms with Gasteiger partial charge in [0.15, 0.2) is 6.10 Å². The van der Waals surface area contributed by atoms with Crippen molar-refractivity contribution >= 4 is 12.0 Å². The molecule has 20 heavy (non-hydrogen) atoms. The number of hydrogen-bond donors (Lipinski definition) is 4. The van der Waals surface area contributed by atoms with Gasteiger partial charge in [-0.1, -0.05) is 13.8 Å². The lowest BCUT2D eigenvalue weighted by molar-refractivity contribution is -0.146. The molecule has 3 atom stereocenters. The molecule has 0 radical (unpaired) electrons. The van der Waals surface area contributed by atoms with E-state index < -0.39 is 12.1 Å². The van der Waals surface area contributed by atoms with Gasteiger partial charge in [0.2, 0.25) is 0 Å². The third-order valence-electron chi connectivity index (χ3n) is 3.84. The second kappa shape index (κ2) is 6.90. The standard InChI is InChI=1S/C13H24N2O5/c1-4-20-10-7-9(13(10,2)3)15-12(19)14-6-5-8(16)11(17)18/h8-10,16H,4-7H2,1-3H3,(H,17,18)(H2,14,15,19)/t8-,9?,10?/m0/s1. The minimum absolute atomic E-state index is 0.0155. The molecule has 1 saturated carbocycles. The predicted molar refractivity (Wildman–Crippen MR) is 72.4 cm³/mol. The maximum absolute atomic E-state index is 11.7. The molecule has 1 aliphatic carbocycles. The first-order chi connectivity index (χ1) is 9.28. The van der Waals surface area contributed by atoms with Crippen molar-refractivity contribution in [2.75, 3.05) is 13.2 Å². The normalized spacial score (nSPS) is 25.4. The van der Waals surface area contributed by atoms with E-state index in [4.69, 9.17) is 14.9 Å². The number of ether oxygens (including phenoxy) is 1. The Morgan fingerprint density at radius 3 is 2.60 bits per heavy atom. The van der Waals surface area contributed by atoms with Crippen LogP contribution in [0.3, 0.4) is 0 Å². The second-order valence-corrected chi connectivity index (χ2v) is 5.60. The highest BCUT2D eigenvalue weighted by Gasteiger charge is 2.49. The van der Waals surface area contributed by atoms with Crippen LogP contribution in [0.25, 0.3) is 0 Å². The molecule has 7 heteroatoms. The summed E-state index contributed by atoms with van der Waals surface area (Å²) in [5, 5.41) is 22.9. The Kier molecular flexibility index (Phi) is 5.76. The lowest BCUT2D eigenvalue weighted by atomic mass is 9.64. The minimum Gasteiger partial charge on any atom is -0.479 e.